The van der Waals surface area contributed by atoms with Crippen LogP contribution in [0.1, 0.15) is 21.5 Å². The number of amides is 1. The van der Waals surface area contributed by atoms with E-state index in [1.165, 1.54) is 11.1 Å². The SMILES string of the molecule is COc1cccc(C(=O)N2CCN(Cc3cccc(C)c3)CC2)c1OC. The van der Waals surface area contributed by atoms with Crippen molar-refractivity contribution in [2.24, 2.45) is 0 Å². The van der Waals surface area contributed by atoms with E-state index in [1.807, 2.05) is 11.0 Å². The highest BCUT2D eigenvalue weighted by atomic mass is 16.5. The summed E-state index contributed by atoms with van der Waals surface area (Å²) in [6.07, 6.45) is 0. The molecule has 0 atom stereocenters. The Bertz CT molecular complexity index is 768. The van der Waals surface area contributed by atoms with E-state index in [1.54, 1.807) is 26.4 Å². The predicted molar refractivity (Wildman–Crippen MR) is 102 cm³/mol. The number of carbonyl (C=O) groups excluding carboxylic acids is 1. The largest absolute Gasteiger partial charge is 0.493 e. The fourth-order valence-corrected chi connectivity index (χ4v) is 3.40. The second-order valence-electron chi connectivity index (χ2n) is 6.60. The smallest absolute Gasteiger partial charge is 0.257 e. The van der Waals surface area contributed by atoms with E-state index < -0.39 is 0 Å². The maximum Gasteiger partial charge on any atom is 0.257 e. The lowest BCUT2D eigenvalue weighted by molar-refractivity contribution is 0.0624. The highest BCUT2D eigenvalue weighted by Crippen LogP contribution is 2.31. The van der Waals surface area contributed by atoms with Crippen LogP contribution < -0.4 is 9.47 Å². The molecule has 0 N–H and O–H groups in total. The Labute approximate surface area is 155 Å². The molecule has 138 valence electrons. The van der Waals surface area contributed by atoms with Gasteiger partial charge in [-0.1, -0.05) is 35.9 Å². The summed E-state index contributed by atoms with van der Waals surface area (Å²) in [5.74, 6) is 1.08. The van der Waals surface area contributed by atoms with E-state index in [9.17, 15) is 4.79 Å². The Morgan fingerprint density at radius 2 is 1.73 bits per heavy atom. The van der Waals surface area contributed by atoms with Gasteiger partial charge in [-0.05, 0) is 24.6 Å². The molecule has 0 aromatic heterocycles. The van der Waals surface area contributed by atoms with E-state index in [0.29, 0.717) is 30.2 Å². The first-order valence-corrected chi connectivity index (χ1v) is 8.90. The number of rotatable bonds is 5. The molecule has 1 aliphatic rings. The van der Waals surface area contributed by atoms with Crippen LogP contribution in [0.5, 0.6) is 11.5 Å². The first kappa shape index (κ1) is 18.3. The van der Waals surface area contributed by atoms with Crippen LogP contribution in [-0.2, 0) is 6.54 Å². The minimum absolute atomic E-state index is 0.00374. The molecule has 1 fully saturated rings. The quantitative estimate of drug-likeness (QED) is 0.828. The molecule has 1 saturated heterocycles. The molecule has 5 nitrogen and oxygen atoms in total. The molecule has 1 amide bonds. The third-order valence-electron chi connectivity index (χ3n) is 4.78. The van der Waals surface area contributed by atoms with Crippen molar-refractivity contribution >= 4 is 5.91 Å². The summed E-state index contributed by atoms with van der Waals surface area (Å²) in [4.78, 5) is 17.2. The Hall–Kier alpha value is -2.53. The Balaban J connectivity index is 1.64. The van der Waals surface area contributed by atoms with Crippen LogP contribution in [0.2, 0.25) is 0 Å². The zero-order valence-electron chi connectivity index (χ0n) is 15.7. The third kappa shape index (κ3) is 3.99. The van der Waals surface area contributed by atoms with Gasteiger partial charge in [0.2, 0.25) is 0 Å². The normalized spacial score (nSPS) is 15.0. The molecule has 2 aromatic rings. The Kier molecular flexibility index (Phi) is 5.78. The number of benzene rings is 2. The molecule has 0 saturated carbocycles. The zero-order chi connectivity index (χ0) is 18.5. The molecule has 1 aliphatic heterocycles. The maximum atomic E-state index is 12.9. The number of para-hydroxylation sites is 1. The van der Waals surface area contributed by atoms with Crippen LogP contribution in [0.25, 0.3) is 0 Å². The Morgan fingerprint density at radius 1 is 1.00 bits per heavy atom. The van der Waals surface area contributed by atoms with Gasteiger partial charge in [-0.15, -0.1) is 0 Å². The van der Waals surface area contributed by atoms with Crippen LogP contribution in [0.4, 0.5) is 0 Å². The summed E-state index contributed by atoms with van der Waals surface area (Å²) in [5.41, 5.74) is 3.15. The van der Waals surface area contributed by atoms with Gasteiger partial charge in [0.05, 0.1) is 19.8 Å². The number of aryl methyl sites for hydroxylation is 1. The van der Waals surface area contributed by atoms with Crippen molar-refractivity contribution < 1.29 is 14.3 Å². The third-order valence-corrected chi connectivity index (χ3v) is 4.78. The number of piperazine rings is 1. The molecule has 3 rings (SSSR count). The molecule has 0 aliphatic carbocycles. The van der Waals surface area contributed by atoms with Crippen LogP contribution in [-0.4, -0.2) is 56.1 Å². The summed E-state index contributed by atoms with van der Waals surface area (Å²) in [6.45, 7) is 6.20. The highest BCUT2D eigenvalue weighted by molar-refractivity contribution is 5.97. The van der Waals surface area contributed by atoms with Gasteiger partial charge in [-0.3, -0.25) is 9.69 Å². The summed E-state index contributed by atoms with van der Waals surface area (Å²) < 4.78 is 10.7. The van der Waals surface area contributed by atoms with E-state index in [4.69, 9.17) is 9.47 Å². The summed E-state index contributed by atoms with van der Waals surface area (Å²) >= 11 is 0. The molecule has 5 heteroatoms. The first-order chi connectivity index (χ1) is 12.6. The number of carbonyl (C=O) groups is 1. The summed E-state index contributed by atoms with van der Waals surface area (Å²) in [6, 6.07) is 14.0. The summed E-state index contributed by atoms with van der Waals surface area (Å²) in [5, 5.41) is 0. The molecule has 0 unspecified atom stereocenters. The number of methoxy groups -OCH3 is 2. The van der Waals surface area contributed by atoms with Crippen LogP contribution >= 0.6 is 0 Å². The lowest BCUT2D eigenvalue weighted by Gasteiger charge is -2.35. The first-order valence-electron chi connectivity index (χ1n) is 8.90. The monoisotopic (exact) mass is 354 g/mol. The van der Waals surface area contributed by atoms with Gasteiger partial charge in [0.25, 0.3) is 5.91 Å². The average Bonchev–Trinajstić information content (AvgIpc) is 2.67. The average molecular weight is 354 g/mol. The van der Waals surface area contributed by atoms with Gasteiger partial charge in [0.1, 0.15) is 0 Å². The lowest BCUT2D eigenvalue weighted by Crippen LogP contribution is -2.48. The second-order valence-corrected chi connectivity index (χ2v) is 6.60. The van der Waals surface area contributed by atoms with Crippen LogP contribution in [0.3, 0.4) is 0 Å². The van der Waals surface area contributed by atoms with Gasteiger partial charge in [-0.2, -0.15) is 0 Å². The standard InChI is InChI=1S/C21H26N2O3/c1-16-6-4-7-17(14-16)15-22-10-12-23(13-11-22)21(24)18-8-5-9-19(25-2)20(18)26-3/h4-9,14H,10-13,15H2,1-3H3. The van der Waals surface area contributed by atoms with E-state index >= 15 is 0 Å². The van der Waals surface area contributed by atoms with Crippen molar-refractivity contribution in [1.82, 2.24) is 9.80 Å². The van der Waals surface area contributed by atoms with Gasteiger partial charge in [-0.25, -0.2) is 0 Å². The number of nitrogens with zero attached hydrogens (tertiary/aromatic N) is 2. The lowest BCUT2D eigenvalue weighted by atomic mass is 10.1. The van der Waals surface area contributed by atoms with Crippen molar-refractivity contribution in [3.05, 3.63) is 59.2 Å². The Morgan fingerprint density at radius 3 is 2.38 bits per heavy atom. The number of hydrogen-bond donors (Lipinski definition) is 0. The minimum atomic E-state index is -0.00374. The molecular weight excluding hydrogens is 328 g/mol. The zero-order valence-corrected chi connectivity index (χ0v) is 15.7. The van der Waals surface area contributed by atoms with Gasteiger partial charge < -0.3 is 14.4 Å². The van der Waals surface area contributed by atoms with Crippen molar-refractivity contribution in [3.8, 4) is 11.5 Å². The molecular formula is C21H26N2O3. The van der Waals surface area contributed by atoms with Crippen LogP contribution in [0, 0.1) is 6.92 Å². The second kappa shape index (κ2) is 8.23. The molecule has 2 aromatic carbocycles. The predicted octanol–water partition coefficient (Wildman–Crippen LogP) is 2.97. The molecule has 26 heavy (non-hydrogen) atoms. The minimum Gasteiger partial charge on any atom is -0.493 e. The molecule has 0 radical (unpaired) electrons. The topological polar surface area (TPSA) is 42.0 Å². The van der Waals surface area contributed by atoms with Crippen molar-refractivity contribution in [1.29, 1.82) is 0 Å². The molecule has 0 bridgehead atoms. The van der Waals surface area contributed by atoms with Crippen LogP contribution in [0.15, 0.2) is 42.5 Å². The molecule has 0 spiro atoms. The van der Waals surface area contributed by atoms with E-state index in [0.717, 1.165) is 19.6 Å². The van der Waals surface area contributed by atoms with Gasteiger partial charge in [0.15, 0.2) is 11.5 Å². The van der Waals surface area contributed by atoms with Gasteiger partial charge >= 0.3 is 0 Å². The number of ether oxygens (including phenoxy) is 2. The maximum absolute atomic E-state index is 12.9. The van der Waals surface area contributed by atoms with E-state index in [-0.39, 0.29) is 5.91 Å². The van der Waals surface area contributed by atoms with E-state index in [2.05, 4.69) is 36.1 Å². The fraction of sp³-hybridized carbons (Fsp3) is 0.381. The highest BCUT2D eigenvalue weighted by Gasteiger charge is 2.25. The van der Waals surface area contributed by atoms with Crippen molar-refractivity contribution in [2.45, 2.75) is 13.5 Å². The number of hydrogen-bond acceptors (Lipinski definition) is 4. The van der Waals surface area contributed by atoms with Crippen molar-refractivity contribution in [2.75, 3.05) is 40.4 Å². The van der Waals surface area contributed by atoms with Gasteiger partial charge in [0, 0.05) is 32.7 Å². The van der Waals surface area contributed by atoms with Crippen molar-refractivity contribution in [3.63, 3.8) is 0 Å². The summed E-state index contributed by atoms with van der Waals surface area (Å²) in [7, 11) is 3.14. The molecule has 1 heterocycles. The fourth-order valence-electron chi connectivity index (χ4n) is 3.40.